The number of nitrogens with one attached hydrogen (secondary N) is 1. The highest BCUT2D eigenvalue weighted by Crippen LogP contribution is 2.27. The molecular formula is C14H9NO3. The minimum absolute atomic E-state index is 0.0312. The van der Waals surface area contributed by atoms with E-state index in [-0.39, 0.29) is 5.69 Å². The zero-order valence-electron chi connectivity index (χ0n) is 9.31. The Morgan fingerprint density at radius 2 is 1.61 bits per heavy atom. The second-order valence-corrected chi connectivity index (χ2v) is 4.03. The van der Waals surface area contributed by atoms with Crippen LogP contribution in [0.4, 0.5) is 11.4 Å². The van der Waals surface area contributed by atoms with Crippen LogP contribution in [0.5, 0.6) is 5.75 Å². The first-order chi connectivity index (χ1) is 8.68. The summed E-state index contributed by atoms with van der Waals surface area (Å²) < 4.78 is 0. The molecule has 0 atom stereocenters. The topological polar surface area (TPSA) is 66.4 Å². The molecule has 4 heteroatoms. The highest BCUT2D eigenvalue weighted by atomic mass is 16.3. The van der Waals surface area contributed by atoms with Gasteiger partial charge in [0.15, 0.2) is 5.75 Å². The van der Waals surface area contributed by atoms with Crippen molar-refractivity contribution in [2.75, 3.05) is 5.32 Å². The number of rotatable bonds is 2. The van der Waals surface area contributed by atoms with E-state index in [1.54, 1.807) is 6.07 Å². The van der Waals surface area contributed by atoms with Crippen molar-refractivity contribution in [1.29, 1.82) is 0 Å². The number of anilines is 2. The monoisotopic (exact) mass is 239 g/mol. The van der Waals surface area contributed by atoms with Gasteiger partial charge in [-0.1, -0.05) is 36.4 Å². The first kappa shape index (κ1) is 10.5. The first-order valence-electron chi connectivity index (χ1n) is 5.45. The highest BCUT2D eigenvalue weighted by Gasteiger charge is 2.20. The molecule has 0 fully saturated rings. The van der Waals surface area contributed by atoms with E-state index in [2.05, 4.69) is 5.32 Å². The molecule has 0 aliphatic heterocycles. The van der Waals surface area contributed by atoms with Gasteiger partial charge < -0.3 is 10.4 Å². The number of hydrogen-bond acceptors (Lipinski definition) is 4. The molecule has 0 amide bonds. The fourth-order valence-electron chi connectivity index (χ4n) is 1.96. The highest BCUT2D eigenvalue weighted by molar-refractivity contribution is 5.95. The molecule has 4 nitrogen and oxygen atoms in total. The maximum absolute atomic E-state index is 11.3. The SMILES string of the molecule is O=c1c(O)c(Nc2cccc3ccccc23)c1=O. The van der Waals surface area contributed by atoms with Gasteiger partial charge in [-0.05, 0) is 11.5 Å². The predicted octanol–water partition coefficient (Wildman–Crippen LogP) is 1.88. The van der Waals surface area contributed by atoms with Crippen LogP contribution in [0.25, 0.3) is 10.8 Å². The summed E-state index contributed by atoms with van der Waals surface area (Å²) >= 11 is 0. The Bertz CT molecular complexity index is 808. The van der Waals surface area contributed by atoms with E-state index in [9.17, 15) is 14.7 Å². The lowest BCUT2D eigenvalue weighted by molar-refractivity contribution is 0.466. The van der Waals surface area contributed by atoms with E-state index in [4.69, 9.17) is 0 Å². The van der Waals surface area contributed by atoms with Crippen molar-refractivity contribution in [3.63, 3.8) is 0 Å². The third-order valence-corrected chi connectivity index (χ3v) is 2.93. The second-order valence-electron chi connectivity index (χ2n) is 4.03. The van der Waals surface area contributed by atoms with Gasteiger partial charge in [0.05, 0.1) is 0 Å². The summed E-state index contributed by atoms with van der Waals surface area (Å²) in [7, 11) is 0. The Hall–Kier alpha value is -2.62. The van der Waals surface area contributed by atoms with E-state index in [1.807, 2.05) is 36.4 Å². The lowest BCUT2D eigenvalue weighted by Gasteiger charge is -2.11. The normalized spacial score (nSPS) is 10.9. The molecule has 0 heterocycles. The van der Waals surface area contributed by atoms with Gasteiger partial charge in [0.25, 0.3) is 10.9 Å². The Morgan fingerprint density at radius 1 is 0.889 bits per heavy atom. The van der Waals surface area contributed by atoms with Crippen molar-refractivity contribution in [3.05, 3.63) is 62.9 Å². The minimum Gasteiger partial charge on any atom is -0.502 e. The van der Waals surface area contributed by atoms with Crippen LogP contribution in [-0.4, -0.2) is 5.11 Å². The Morgan fingerprint density at radius 3 is 2.39 bits per heavy atom. The second kappa shape index (κ2) is 3.70. The third kappa shape index (κ3) is 1.39. The van der Waals surface area contributed by atoms with Crippen LogP contribution in [0.15, 0.2) is 52.1 Å². The van der Waals surface area contributed by atoms with Crippen LogP contribution >= 0.6 is 0 Å². The molecule has 3 aromatic rings. The summed E-state index contributed by atoms with van der Waals surface area (Å²) in [6.07, 6.45) is 0. The summed E-state index contributed by atoms with van der Waals surface area (Å²) in [5.74, 6) is -0.493. The third-order valence-electron chi connectivity index (χ3n) is 2.93. The zero-order chi connectivity index (χ0) is 12.7. The minimum atomic E-state index is -0.835. The van der Waals surface area contributed by atoms with Crippen molar-refractivity contribution in [3.8, 4) is 5.75 Å². The average molecular weight is 239 g/mol. The first-order valence-corrected chi connectivity index (χ1v) is 5.45. The predicted molar refractivity (Wildman–Crippen MR) is 70.2 cm³/mol. The molecule has 0 unspecified atom stereocenters. The Labute approximate surface area is 102 Å². The van der Waals surface area contributed by atoms with Gasteiger partial charge in [-0.25, -0.2) is 0 Å². The van der Waals surface area contributed by atoms with Crippen LogP contribution in [0, 0.1) is 0 Å². The van der Waals surface area contributed by atoms with Crippen LogP contribution in [0.2, 0.25) is 0 Å². The Kier molecular flexibility index (Phi) is 2.16. The molecule has 0 saturated heterocycles. The van der Waals surface area contributed by atoms with Gasteiger partial charge in [0.1, 0.15) is 5.69 Å². The molecule has 0 aliphatic carbocycles. The van der Waals surface area contributed by atoms with Crippen molar-refractivity contribution in [1.82, 2.24) is 0 Å². The van der Waals surface area contributed by atoms with Gasteiger partial charge >= 0.3 is 0 Å². The summed E-state index contributed by atoms with van der Waals surface area (Å²) in [5, 5.41) is 14.1. The fraction of sp³-hybridized carbons (Fsp3) is 0. The maximum atomic E-state index is 11.3. The van der Waals surface area contributed by atoms with Gasteiger partial charge in [-0.3, -0.25) is 9.59 Å². The number of hydrogen-bond donors (Lipinski definition) is 2. The van der Waals surface area contributed by atoms with Crippen LogP contribution < -0.4 is 16.2 Å². The molecule has 88 valence electrons. The van der Waals surface area contributed by atoms with Crippen LogP contribution in [-0.2, 0) is 0 Å². The van der Waals surface area contributed by atoms with E-state index >= 15 is 0 Å². The van der Waals surface area contributed by atoms with E-state index in [0.717, 1.165) is 10.8 Å². The molecule has 2 N–H and O–H groups in total. The number of aromatic hydroxyl groups is 1. The maximum Gasteiger partial charge on any atom is 0.271 e. The van der Waals surface area contributed by atoms with Gasteiger partial charge in [0, 0.05) is 11.1 Å². The number of benzene rings is 2. The molecule has 0 aromatic heterocycles. The molecule has 0 aliphatic rings. The Balaban J connectivity index is 2.12. The van der Waals surface area contributed by atoms with Crippen molar-refractivity contribution in [2.24, 2.45) is 0 Å². The summed E-state index contributed by atoms with van der Waals surface area (Å²) in [4.78, 5) is 22.2. The fourth-order valence-corrected chi connectivity index (χ4v) is 1.96. The van der Waals surface area contributed by atoms with E-state index < -0.39 is 16.6 Å². The molecule has 3 rings (SSSR count). The van der Waals surface area contributed by atoms with E-state index in [0.29, 0.717) is 5.69 Å². The smallest absolute Gasteiger partial charge is 0.271 e. The zero-order valence-corrected chi connectivity index (χ0v) is 9.31. The summed E-state index contributed by atoms with van der Waals surface area (Å²) in [6, 6.07) is 13.2. The molecule has 3 aromatic carbocycles. The number of fused-ring (bicyclic) bond motifs is 1. The molecule has 0 radical (unpaired) electrons. The lowest BCUT2D eigenvalue weighted by atomic mass is 10.1. The standard InChI is InChI=1S/C14H9NO3/c16-12-11(13(17)14(12)18)15-10-7-3-5-8-4-1-2-6-9(8)10/h1-7,15-16H. The summed E-state index contributed by atoms with van der Waals surface area (Å²) in [5.41, 5.74) is -0.856. The molecular weight excluding hydrogens is 230 g/mol. The van der Waals surface area contributed by atoms with Crippen LogP contribution in [0.1, 0.15) is 0 Å². The van der Waals surface area contributed by atoms with Gasteiger partial charge in [0.2, 0.25) is 0 Å². The molecule has 0 bridgehead atoms. The molecule has 0 spiro atoms. The largest absolute Gasteiger partial charge is 0.502 e. The van der Waals surface area contributed by atoms with E-state index in [1.165, 1.54) is 0 Å². The molecule has 18 heavy (non-hydrogen) atoms. The van der Waals surface area contributed by atoms with Crippen molar-refractivity contribution in [2.45, 2.75) is 0 Å². The lowest BCUT2D eigenvalue weighted by Crippen LogP contribution is -2.32. The van der Waals surface area contributed by atoms with Gasteiger partial charge in [-0.2, -0.15) is 0 Å². The van der Waals surface area contributed by atoms with Gasteiger partial charge in [-0.15, -0.1) is 0 Å². The molecule has 0 saturated carbocycles. The average Bonchev–Trinajstić information content (AvgIpc) is 2.43. The van der Waals surface area contributed by atoms with Crippen LogP contribution in [0.3, 0.4) is 0 Å². The quantitative estimate of drug-likeness (QED) is 0.670. The summed E-state index contributed by atoms with van der Waals surface area (Å²) in [6.45, 7) is 0. The van der Waals surface area contributed by atoms with Crippen molar-refractivity contribution >= 4 is 22.1 Å². The van der Waals surface area contributed by atoms with Crippen molar-refractivity contribution < 1.29 is 5.11 Å².